The predicted octanol–water partition coefficient (Wildman–Crippen LogP) is 2.26. The van der Waals surface area contributed by atoms with E-state index in [1.165, 1.54) is 0 Å². The summed E-state index contributed by atoms with van der Waals surface area (Å²) in [6.07, 6.45) is 1.76. The highest BCUT2D eigenvalue weighted by Gasteiger charge is 2.27. The molecule has 21 heavy (non-hydrogen) atoms. The van der Waals surface area contributed by atoms with Crippen LogP contribution in [0.2, 0.25) is 0 Å². The van der Waals surface area contributed by atoms with Crippen molar-refractivity contribution in [1.29, 1.82) is 0 Å². The van der Waals surface area contributed by atoms with Crippen LogP contribution in [0, 0.1) is 12.8 Å². The van der Waals surface area contributed by atoms with E-state index in [9.17, 15) is 5.11 Å². The fourth-order valence-corrected chi connectivity index (χ4v) is 2.76. The molecule has 3 N–H and O–H groups in total. The number of anilines is 2. The standard InChI is InChI=1S/C16H28N4O/c1-10-13(17)18-15(16(3,4)5)19-14(10)20-8-6-12(7-9-20)11(2)21/h11-12,21H,6-9H2,1-5H3,(H2,17,18,19). The first kappa shape index (κ1) is 16.0. The van der Waals surface area contributed by atoms with E-state index in [4.69, 9.17) is 10.7 Å². The van der Waals surface area contributed by atoms with Crippen molar-refractivity contribution in [3.63, 3.8) is 0 Å². The van der Waals surface area contributed by atoms with Gasteiger partial charge in [0, 0.05) is 24.1 Å². The first-order valence-electron chi connectivity index (χ1n) is 7.77. The van der Waals surface area contributed by atoms with E-state index in [1.54, 1.807) is 0 Å². The smallest absolute Gasteiger partial charge is 0.138 e. The molecular formula is C16H28N4O. The number of aromatic nitrogens is 2. The Balaban J connectivity index is 2.26. The van der Waals surface area contributed by atoms with Crippen molar-refractivity contribution >= 4 is 11.6 Å². The van der Waals surface area contributed by atoms with Crippen molar-refractivity contribution in [2.75, 3.05) is 23.7 Å². The van der Waals surface area contributed by atoms with Gasteiger partial charge in [-0.2, -0.15) is 0 Å². The molecule has 0 aromatic carbocycles. The number of nitrogens with zero attached hydrogens (tertiary/aromatic N) is 3. The molecule has 5 heteroatoms. The molecular weight excluding hydrogens is 264 g/mol. The van der Waals surface area contributed by atoms with Gasteiger partial charge in [-0.3, -0.25) is 0 Å². The Morgan fingerprint density at radius 1 is 1.24 bits per heavy atom. The second kappa shape index (κ2) is 5.79. The van der Waals surface area contributed by atoms with Gasteiger partial charge in [0.2, 0.25) is 0 Å². The van der Waals surface area contributed by atoms with Crippen LogP contribution >= 0.6 is 0 Å². The molecule has 0 amide bonds. The molecule has 0 aliphatic carbocycles. The maximum atomic E-state index is 9.72. The largest absolute Gasteiger partial charge is 0.393 e. The number of aliphatic hydroxyl groups is 1. The average molecular weight is 292 g/mol. The van der Waals surface area contributed by atoms with Crippen molar-refractivity contribution in [3.8, 4) is 0 Å². The highest BCUT2D eigenvalue weighted by molar-refractivity contribution is 5.57. The van der Waals surface area contributed by atoms with Crippen LogP contribution in [-0.4, -0.2) is 34.3 Å². The van der Waals surface area contributed by atoms with Crippen LogP contribution in [0.4, 0.5) is 11.6 Å². The zero-order chi connectivity index (χ0) is 15.8. The predicted molar refractivity (Wildman–Crippen MR) is 86.5 cm³/mol. The molecule has 1 atom stereocenters. The highest BCUT2D eigenvalue weighted by Crippen LogP contribution is 2.30. The highest BCUT2D eigenvalue weighted by atomic mass is 16.3. The summed E-state index contributed by atoms with van der Waals surface area (Å²) in [5.41, 5.74) is 6.92. The molecule has 1 aromatic heterocycles. The van der Waals surface area contributed by atoms with Gasteiger partial charge in [-0.15, -0.1) is 0 Å². The van der Waals surface area contributed by atoms with Gasteiger partial charge in [0.25, 0.3) is 0 Å². The molecule has 118 valence electrons. The van der Waals surface area contributed by atoms with E-state index in [0.717, 1.165) is 43.1 Å². The van der Waals surface area contributed by atoms with E-state index < -0.39 is 0 Å². The molecule has 0 bridgehead atoms. The fraction of sp³-hybridized carbons (Fsp3) is 0.750. The maximum Gasteiger partial charge on any atom is 0.138 e. The van der Waals surface area contributed by atoms with Crippen molar-refractivity contribution in [3.05, 3.63) is 11.4 Å². The molecule has 0 radical (unpaired) electrons. The first-order valence-corrected chi connectivity index (χ1v) is 7.77. The first-order chi connectivity index (χ1) is 9.70. The van der Waals surface area contributed by atoms with Crippen LogP contribution in [-0.2, 0) is 5.41 Å². The van der Waals surface area contributed by atoms with Gasteiger partial charge in [-0.05, 0) is 32.6 Å². The summed E-state index contributed by atoms with van der Waals surface area (Å²) in [6, 6.07) is 0. The monoisotopic (exact) mass is 292 g/mol. The summed E-state index contributed by atoms with van der Waals surface area (Å²) < 4.78 is 0. The molecule has 0 saturated carbocycles. The zero-order valence-corrected chi connectivity index (χ0v) is 13.8. The van der Waals surface area contributed by atoms with Gasteiger partial charge in [-0.25, -0.2) is 9.97 Å². The minimum Gasteiger partial charge on any atom is -0.393 e. The van der Waals surface area contributed by atoms with Crippen molar-refractivity contribution in [1.82, 2.24) is 9.97 Å². The van der Waals surface area contributed by atoms with Gasteiger partial charge in [0.15, 0.2) is 0 Å². The molecule has 1 aliphatic heterocycles. The third-order valence-electron chi connectivity index (χ3n) is 4.35. The minimum absolute atomic E-state index is 0.117. The van der Waals surface area contributed by atoms with Crippen molar-refractivity contribution < 1.29 is 5.11 Å². The Morgan fingerprint density at radius 3 is 2.29 bits per heavy atom. The van der Waals surface area contributed by atoms with Crippen LogP contribution in [0.1, 0.15) is 51.9 Å². The average Bonchev–Trinajstić information content (AvgIpc) is 2.40. The SMILES string of the molecule is Cc1c(N)nc(C(C)(C)C)nc1N1CCC(C(C)O)CC1. The Kier molecular flexibility index (Phi) is 4.42. The van der Waals surface area contributed by atoms with Crippen molar-refractivity contribution in [2.45, 2.75) is 59.0 Å². The van der Waals surface area contributed by atoms with E-state index in [0.29, 0.717) is 11.7 Å². The Morgan fingerprint density at radius 2 is 1.81 bits per heavy atom. The summed E-state index contributed by atoms with van der Waals surface area (Å²) in [5.74, 6) is 2.71. The molecule has 1 saturated heterocycles. The number of hydrogen-bond donors (Lipinski definition) is 2. The molecule has 0 spiro atoms. The lowest BCUT2D eigenvalue weighted by Crippen LogP contribution is -2.38. The lowest BCUT2D eigenvalue weighted by molar-refractivity contribution is 0.109. The van der Waals surface area contributed by atoms with E-state index in [2.05, 4.69) is 30.7 Å². The van der Waals surface area contributed by atoms with Crippen LogP contribution in [0.25, 0.3) is 0 Å². The quantitative estimate of drug-likeness (QED) is 0.874. The van der Waals surface area contributed by atoms with Crippen LogP contribution in [0.5, 0.6) is 0 Å². The number of aliphatic hydroxyl groups excluding tert-OH is 1. The molecule has 2 rings (SSSR count). The molecule has 1 aromatic rings. The molecule has 1 aliphatic rings. The number of nitrogen functional groups attached to an aromatic ring is 1. The fourth-order valence-electron chi connectivity index (χ4n) is 2.76. The summed E-state index contributed by atoms with van der Waals surface area (Å²) in [7, 11) is 0. The molecule has 2 heterocycles. The van der Waals surface area contributed by atoms with Crippen LogP contribution in [0.3, 0.4) is 0 Å². The van der Waals surface area contributed by atoms with Gasteiger partial charge >= 0.3 is 0 Å². The third-order valence-corrected chi connectivity index (χ3v) is 4.35. The Hall–Kier alpha value is -1.36. The topological polar surface area (TPSA) is 75.3 Å². The van der Waals surface area contributed by atoms with Crippen LogP contribution < -0.4 is 10.6 Å². The summed E-state index contributed by atoms with van der Waals surface area (Å²) in [4.78, 5) is 11.5. The second-order valence-electron chi connectivity index (χ2n) is 7.20. The third kappa shape index (κ3) is 3.46. The summed E-state index contributed by atoms with van der Waals surface area (Å²) in [5, 5.41) is 9.72. The van der Waals surface area contributed by atoms with Gasteiger partial charge in [-0.1, -0.05) is 20.8 Å². The van der Waals surface area contributed by atoms with E-state index in [-0.39, 0.29) is 11.5 Å². The summed E-state index contributed by atoms with van der Waals surface area (Å²) in [6.45, 7) is 12.0. The number of piperidine rings is 1. The van der Waals surface area contributed by atoms with Gasteiger partial charge < -0.3 is 15.7 Å². The van der Waals surface area contributed by atoms with Gasteiger partial charge in [0.05, 0.1) is 6.10 Å². The van der Waals surface area contributed by atoms with E-state index in [1.807, 2.05) is 13.8 Å². The zero-order valence-electron chi connectivity index (χ0n) is 13.8. The lowest BCUT2D eigenvalue weighted by atomic mass is 9.92. The maximum absolute atomic E-state index is 9.72. The van der Waals surface area contributed by atoms with Crippen molar-refractivity contribution in [2.24, 2.45) is 5.92 Å². The normalized spacial score (nSPS) is 18.9. The second-order valence-corrected chi connectivity index (χ2v) is 7.20. The Bertz CT molecular complexity index is 500. The Labute approximate surface area is 127 Å². The molecule has 1 unspecified atom stereocenters. The lowest BCUT2D eigenvalue weighted by Gasteiger charge is -2.35. The van der Waals surface area contributed by atoms with Crippen LogP contribution in [0.15, 0.2) is 0 Å². The number of hydrogen-bond acceptors (Lipinski definition) is 5. The number of rotatable bonds is 2. The molecule has 1 fully saturated rings. The minimum atomic E-state index is -0.228. The number of nitrogens with two attached hydrogens (primary N) is 1. The molecule has 5 nitrogen and oxygen atoms in total. The van der Waals surface area contributed by atoms with E-state index >= 15 is 0 Å². The van der Waals surface area contributed by atoms with Gasteiger partial charge in [0.1, 0.15) is 17.5 Å². The summed E-state index contributed by atoms with van der Waals surface area (Å²) >= 11 is 0.